The van der Waals surface area contributed by atoms with Gasteiger partial charge in [0.2, 0.25) is 0 Å². The van der Waals surface area contributed by atoms with Crippen molar-refractivity contribution < 1.29 is 43.0 Å². The molecule has 0 radical (unpaired) electrons. The Morgan fingerprint density at radius 1 is 0.615 bits per heavy atom. The predicted octanol–water partition coefficient (Wildman–Crippen LogP) is 10.8. The normalized spacial score (nSPS) is 14.8. The molecule has 0 aromatic rings. The number of esters is 1. The zero-order chi connectivity index (χ0) is 38.2. The lowest BCUT2D eigenvalue weighted by molar-refractivity contribution is -0.154. The summed E-state index contributed by atoms with van der Waals surface area (Å²) in [5, 5.41) is 18.3. The highest BCUT2D eigenvalue weighted by atomic mass is 31.2. The standard InChI is InChI=1S/C42H75O9P/c1-3-5-7-9-11-13-15-17-18-19-20-21-22-23-24-26-28-30-32-34-42(45)51-41(39-50-52(46,47)49-37-40(44)36-43)38-48-35-33-31-29-27-25-16-14-12-10-8-6-4-2/h5,7,10-13,17-18,20-21,40-41,43-44H,3-4,6,8-9,14-16,19,22-39H2,1-2H3,(H,46,47)/b7-5-,12-10-,13-11-,18-17-,21-20-. The first kappa shape index (κ1) is 50.2. The summed E-state index contributed by atoms with van der Waals surface area (Å²) in [7, 11) is -4.52. The Labute approximate surface area is 317 Å². The molecule has 0 aliphatic rings. The molecule has 0 fully saturated rings. The summed E-state index contributed by atoms with van der Waals surface area (Å²) in [6, 6.07) is 0. The number of unbranched alkanes of at least 4 members (excludes halogenated alkanes) is 14. The van der Waals surface area contributed by atoms with Crippen LogP contribution in [0.15, 0.2) is 60.8 Å². The van der Waals surface area contributed by atoms with Crippen LogP contribution in [0.1, 0.15) is 155 Å². The molecule has 3 atom stereocenters. The minimum absolute atomic E-state index is 0.0364. The molecule has 302 valence electrons. The van der Waals surface area contributed by atoms with Crippen LogP contribution < -0.4 is 0 Å². The lowest BCUT2D eigenvalue weighted by Crippen LogP contribution is -2.29. The topological polar surface area (TPSA) is 132 Å². The molecule has 0 amide bonds. The third-order valence-electron chi connectivity index (χ3n) is 8.19. The summed E-state index contributed by atoms with van der Waals surface area (Å²) in [5.41, 5.74) is 0. The number of hydrogen-bond donors (Lipinski definition) is 3. The van der Waals surface area contributed by atoms with Gasteiger partial charge in [-0.2, -0.15) is 0 Å². The summed E-state index contributed by atoms with van der Waals surface area (Å²) >= 11 is 0. The minimum Gasteiger partial charge on any atom is -0.457 e. The molecule has 52 heavy (non-hydrogen) atoms. The Kier molecular flexibility index (Phi) is 37.5. The second-order valence-electron chi connectivity index (χ2n) is 13.3. The first-order chi connectivity index (χ1) is 25.3. The van der Waals surface area contributed by atoms with E-state index >= 15 is 0 Å². The van der Waals surface area contributed by atoms with Crippen molar-refractivity contribution in [3.8, 4) is 0 Å². The van der Waals surface area contributed by atoms with E-state index in [1.807, 2.05) is 0 Å². The Hall–Kier alpha value is -1.84. The molecular weight excluding hydrogens is 679 g/mol. The molecular formula is C42H75O9P. The SMILES string of the molecule is CC/C=C\C/C=C\C/C=C\C/C=C\CCCCCCCCC(=O)OC(COCCCCCCCC/C=C\CCCC)COP(=O)(O)OCC(O)CO. The van der Waals surface area contributed by atoms with Crippen LogP contribution in [0.3, 0.4) is 0 Å². The van der Waals surface area contributed by atoms with Gasteiger partial charge in [-0.1, -0.05) is 139 Å². The summed E-state index contributed by atoms with van der Waals surface area (Å²) in [6.07, 6.45) is 43.2. The minimum atomic E-state index is -4.52. The summed E-state index contributed by atoms with van der Waals surface area (Å²) in [6.45, 7) is 3.32. The molecule has 0 aliphatic carbocycles. The van der Waals surface area contributed by atoms with Gasteiger partial charge < -0.3 is 24.6 Å². The van der Waals surface area contributed by atoms with Gasteiger partial charge in [0.1, 0.15) is 12.2 Å². The van der Waals surface area contributed by atoms with Crippen LogP contribution in [0.2, 0.25) is 0 Å². The van der Waals surface area contributed by atoms with Crippen LogP contribution in [0.25, 0.3) is 0 Å². The number of phosphoric ester groups is 1. The fourth-order valence-electron chi connectivity index (χ4n) is 5.09. The maximum Gasteiger partial charge on any atom is 0.472 e. The maximum atomic E-state index is 12.6. The van der Waals surface area contributed by atoms with Crippen molar-refractivity contribution in [1.29, 1.82) is 0 Å². The van der Waals surface area contributed by atoms with Gasteiger partial charge in [0.15, 0.2) is 0 Å². The largest absolute Gasteiger partial charge is 0.472 e. The van der Waals surface area contributed by atoms with Crippen molar-refractivity contribution in [2.24, 2.45) is 0 Å². The first-order valence-electron chi connectivity index (χ1n) is 20.3. The molecule has 9 nitrogen and oxygen atoms in total. The second-order valence-corrected chi connectivity index (χ2v) is 14.7. The van der Waals surface area contributed by atoms with Crippen LogP contribution in [-0.4, -0.2) is 66.3 Å². The van der Waals surface area contributed by atoms with Gasteiger partial charge in [-0.3, -0.25) is 13.8 Å². The van der Waals surface area contributed by atoms with E-state index in [1.165, 1.54) is 38.5 Å². The van der Waals surface area contributed by atoms with Gasteiger partial charge in [-0.15, -0.1) is 0 Å². The van der Waals surface area contributed by atoms with Crippen LogP contribution in [0.5, 0.6) is 0 Å². The van der Waals surface area contributed by atoms with Crippen molar-refractivity contribution in [2.75, 3.05) is 33.0 Å². The number of carbonyl (C=O) groups is 1. The van der Waals surface area contributed by atoms with E-state index in [1.54, 1.807) is 0 Å². The number of phosphoric acid groups is 1. The number of rotatable bonds is 38. The fourth-order valence-corrected chi connectivity index (χ4v) is 5.88. The average Bonchev–Trinajstić information content (AvgIpc) is 3.13. The van der Waals surface area contributed by atoms with E-state index in [9.17, 15) is 19.4 Å². The van der Waals surface area contributed by atoms with E-state index in [-0.39, 0.29) is 19.6 Å². The first-order valence-corrected chi connectivity index (χ1v) is 21.8. The van der Waals surface area contributed by atoms with Crippen molar-refractivity contribution in [3.05, 3.63) is 60.8 Å². The lowest BCUT2D eigenvalue weighted by Gasteiger charge is -2.20. The Bertz CT molecular complexity index is 992. The van der Waals surface area contributed by atoms with Gasteiger partial charge in [0, 0.05) is 13.0 Å². The third kappa shape index (κ3) is 37.9. The Morgan fingerprint density at radius 2 is 1.10 bits per heavy atom. The molecule has 3 unspecified atom stereocenters. The smallest absolute Gasteiger partial charge is 0.457 e. The molecule has 0 aromatic heterocycles. The van der Waals surface area contributed by atoms with Gasteiger partial charge in [0.05, 0.1) is 26.4 Å². The molecule has 0 saturated carbocycles. The zero-order valence-corrected chi connectivity index (χ0v) is 33.7. The molecule has 0 bridgehead atoms. The van der Waals surface area contributed by atoms with Crippen molar-refractivity contribution in [3.63, 3.8) is 0 Å². The highest BCUT2D eigenvalue weighted by molar-refractivity contribution is 7.47. The van der Waals surface area contributed by atoms with E-state index in [4.69, 9.17) is 23.6 Å². The Morgan fingerprint density at radius 3 is 1.67 bits per heavy atom. The summed E-state index contributed by atoms with van der Waals surface area (Å²) < 4.78 is 33.3. The number of carbonyl (C=O) groups excluding carboxylic acids is 1. The maximum absolute atomic E-state index is 12.6. The Balaban J connectivity index is 4.23. The van der Waals surface area contributed by atoms with E-state index in [2.05, 4.69) is 74.6 Å². The second kappa shape index (κ2) is 38.9. The van der Waals surface area contributed by atoms with Gasteiger partial charge in [-0.25, -0.2) is 4.57 Å². The third-order valence-corrected chi connectivity index (χ3v) is 9.14. The molecule has 0 rings (SSSR count). The van der Waals surface area contributed by atoms with Crippen LogP contribution in [-0.2, 0) is 27.9 Å². The van der Waals surface area contributed by atoms with Crippen molar-refractivity contribution in [1.82, 2.24) is 0 Å². The fraction of sp³-hybridized carbons (Fsp3) is 0.738. The van der Waals surface area contributed by atoms with Crippen molar-refractivity contribution >= 4 is 13.8 Å². The highest BCUT2D eigenvalue weighted by Crippen LogP contribution is 2.43. The van der Waals surface area contributed by atoms with Crippen molar-refractivity contribution in [2.45, 2.75) is 167 Å². The molecule has 0 aliphatic heterocycles. The number of ether oxygens (including phenoxy) is 2. The van der Waals surface area contributed by atoms with Crippen LogP contribution >= 0.6 is 7.82 Å². The number of allylic oxidation sites excluding steroid dienone is 10. The van der Waals surface area contributed by atoms with Crippen LogP contribution in [0, 0.1) is 0 Å². The lowest BCUT2D eigenvalue weighted by atomic mass is 10.1. The van der Waals surface area contributed by atoms with E-state index in [0.717, 1.165) is 89.9 Å². The van der Waals surface area contributed by atoms with Gasteiger partial charge >= 0.3 is 13.8 Å². The van der Waals surface area contributed by atoms with Gasteiger partial charge in [0.25, 0.3) is 0 Å². The number of aliphatic hydroxyl groups is 2. The molecule has 0 heterocycles. The predicted molar refractivity (Wildman–Crippen MR) is 214 cm³/mol. The van der Waals surface area contributed by atoms with E-state index in [0.29, 0.717) is 13.0 Å². The average molecular weight is 755 g/mol. The molecule has 10 heteroatoms. The monoisotopic (exact) mass is 755 g/mol. The summed E-state index contributed by atoms with van der Waals surface area (Å²) in [4.78, 5) is 22.5. The molecule has 0 spiro atoms. The highest BCUT2D eigenvalue weighted by Gasteiger charge is 2.26. The van der Waals surface area contributed by atoms with Gasteiger partial charge in [-0.05, 0) is 70.6 Å². The molecule has 0 saturated heterocycles. The molecule has 3 N–H and O–H groups in total. The molecule has 0 aromatic carbocycles. The number of aliphatic hydroxyl groups excluding tert-OH is 2. The summed E-state index contributed by atoms with van der Waals surface area (Å²) in [5.74, 6) is -0.402. The quantitative estimate of drug-likeness (QED) is 0.0244. The zero-order valence-electron chi connectivity index (χ0n) is 32.8. The van der Waals surface area contributed by atoms with Crippen LogP contribution in [0.4, 0.5) is 0 Å². The van der Waals surface area contributed by atoms with E-state index < -0.39 is 39.2 Å². The number of hydrogen-bond acceptors (Lipinski definition) is 8.